The van der Waals surface area contributed by atoms with Crippen molar-refractivity contribution in [3.05, 3.63) is 23.8 Å². The van der Waals surface area contributed by atoms with Crippen LogP contribution in [-0.4, -0.2) is 42.2 Å². The molecule has 2 heterocycles. The maximum absolute atomic E-state index is 11.4. The third-order valence-corrected chi connectivity index (χ3v) is 4.48. The van der Waals surface area contributed by atoms with Crippen LogP contribution in [0.4, 0.5) is 5.69 Å². The van der Waals surface area contributed by atoms with E-state index in [-0.39, 0.29) is 12.5 Å². The maximum Gasteiger partial charge on any atom is 0.262 e. The zero-order valence-corrected chi connectivity index (χ0v) is 13.0. The molecular weight excluding hydrogens is 280 g/mol. The van der Waals surface area contributed by atoms with Crippen LogP contribution in [0.3, 0.4) is 0 Å². The van der Waals surface area contributed by atoms with Gasteiger partial charge in [0.2, 0.25) is 0 Å². The highest BCUT2D eigenvalue weighted by atomic mass is 16.5. The van der Waals surface area contributed by atoms with Crippen molar-refractivity contribution in [1.29, 1.82) is 0 Å². The number of nitrogens with one attached hydrogen (secondary N) is 1. The lowest BCUT2D eigenvalue weighted by Gasteiger charge is -2.31. The number of nitrogens with zero attached hydrogens (tertiary/aromatic N) is 1. The monoisotopic (exact) mass is 304 g/mol. The summed E-state index contributed by atoms with van der Waals surface area (Å²) in [7, 11) is 0. The fraction of sp³-hybridized carbons (Fsp3) is 0.588. The zero-order valence-electron chi connectivity index (χ0n) is 13.0. The van der Waals surface area contributed by atoms with Crippen molar-refractivity contribution in [2.24, 2.45) is 5.92 Å². The standard InChI is InChI=1S/C17H24N2O3/c1-12-3-2-7-19(10-12)8-6-15(20)13-4-5-16-14(9-13)18-17(21)11-22-16/h4-5,9,12,15,20H,2-3,6-8,10-11H2,1H3,(H,18,21). The van der Waals surface area contributed by atoms with E-state index in [1.807, 2.05) is 18.2 Å². The lowest BCUT2D eigenvalue weighted by molar-refractivity contribution is -0.118. The van der Waals surface area contributed by atoms with E-state index in [2.05, 4.69) is 17.1 Å². The van der Waals surface area contributed by atoms with E-state index >= 15 is 0 Å². The Morgan fingerprint density at radius 2 is 2.36 bits per heavy atom. The molecule has 1 saturated heterocycles. The Bertz CT molecular complexity index is 547. The number of carbonyl (C=O) groups is 1. The first-order chi connectivity index (χ1) is 10.6. The highest BCUT2D eigenvalue weighted by Gasteiger charge is 2.20. The molecule has 0 aromatic heterocycles. The summed E-state index contributed by atoms with van der Waals surface area (Å²) in [5.41, 5.74) is 1.48. The van der Waals surface area contributed by atoms with E-state index in [9.17, 15) is 9.90 Å². The second-order valence-corrected chi connectivity index (χ2v) is 6.44. The van der Waals surface area contributed by atoms with Gasteiger partial charge in [0.15, 0.2) is 6.61 Å². The van der Waals surface area contributed by atoms with Crippen molar-refractivity contribution >= 4 is 11.6 Å². The third kappa shape index (κ3) is 3.59. The number of hydrogen-bond donors (Lipinski definition) is 2. The molecular formula is C17H24N2O3. The number of benzene rings is 1. The first kappa shape index (κ1) is 15.3. The van der Waals surface area contributed by atoms with Gasteiger partial charge in [-0.3, -0.25) is 4.79 Å². The van der Waals surface area contributed by atoms with E-state index in [1.165, 1.54) is 12.8 Å². The van der Waals surface area contributed by atoms with Gasteiger partial charge in [-0.1, -0.05) is 13.0 Å². The summed E-state index contributed by atoms with van der Waals surface area (Å²) in [5.74, 6) is 1.27. The van der Waals surface area contributed by atoms with E-state index < -0.39 is 6.10 Å². The number of hydrogen-bond acceptors (Lipinski definition) is 4. The van der Waals surface area contributed by atoms with Gasteiger partial charge in [-0.15, -0.1) is 0 Å². The number of anilines is 1. The second kappa shape index (κ2) is 6.67. The van der Waals surface area contributed by atoms with Crippen LogP contribution in [0.1, 0.15) is 37.9 Å². The van der Waals surface area contributed by atoms with Gasteiger partial charge in [-0.2, -0.15) is 0 Å². The molecule has 2 N–H and O–H groups in total. The molecule has 120 valence electrons. The molecule has 0 saturated carbocycles. The van der Waals surface area contributed by atoms with Crippen molar-refractivity contribution in [1.82, 2.24) is 4.90 Å². The van der Waals surface area contributed by atoms with Gasteiger partial charge in [-0.05, 0) is 49.4 Å². The summed E-state index contributed by atoms with van der Waals surface area (Å²) < 4.78 is 5.34. The van der Waals surface area contributed by atoms with E-state index in [0.717, 1.165) is 31.1 Å². The molecule has 1 aromatic carbocycles. The maximum atomic E-state index is 11.4. The molecule has 2 aliphatic rings. The van der Waals surface area contributed by atoms with E-state index in [1.54, 1.807) is 0 Å². The lowest BCUT2D eigenvalue weighted by Crippen LogP contribution is -2.35. The van der Waals surface area contributed by atoms with Crippen LogP contribution >= 0.6 is 0 Å². The molecule has 5 heteroatoms. The average Bonchev–Trinajstić information content (AvgIpc) is 2.52. The quantitative estimate of drug-likeness (QED) is 0.895. The Balaban J connectivity index is 1.59. The summed E-state index contributed by atoms with van der Waals surface area (Å²) in [5, 5.41) is 13.2. The molecule has 0 bridgehead atoms. The molecule has 2 unspecified atom stereocenters. The Morgan fingerprint density at radius 3 is 3.18 bits per heavy atom. The number of rotatable bonds is 4. The Morgan fingerprint density at radius 1 is 1.50 bits per heavy atom. The third-order valence-electron chi connectivity index (χ3n) is 4.48. The first-order valence-corrected chi connectivity index (χ1v) is 8.09. The number of aliphatic hydroxyl groups excluding tert-OH is 1. The molecule has 22 heavy (non-hydrogen) atoms. The largest absolute Gasteiger partial charge is 0.482 e. The van der Waals surface area contributed by atoms with Gasteiger partial charge in [-0.25, -0.2) is 0 Å². The predicted octanol–water partition coefficient (Wildman–Crippen LogP) is 2.17. The Kier molecular flexibility index (Phi) is 4.64. The fourth-order valence-electron chi connectivity index (χ4n) is 3.27. The summed E-state index contributed by atoms with van der Waals surface area (Å²) >= 11 is 0. The molecule has 2 atom stereocenters. The number of amides is 1. The van der Waals surface area contributed by atoms with Gasteiger partial charge >= 0.3 is 0 Å². The minimum absolute atomic E-state index is 0.0576. The van der Waals surface area contributed by atoms with Crippen LogP contribution in [0.5, 0.6) is 5.75 Å². The molecule has 1 aromatic rings. The van der Waals surface area contributed by atoms with Gasteiger partial charge in [0.1, 0.15) is 5.75 Å². The summed E-state index contributed by atoms with van der Waals surface area (Å²) in [6.07, 6.45) is 2.75. The van der Waals surface area contributed by atoms with Crippen molar-refractivity contribution in [3.8, 4) is 5.75 Å². The van der Waals surface area contributed by atoms with Crippen LogP contribution < -0.4 is 10.1 Å². The van der Waals surface area contributed by atoms with Crippen LogP contribution in [-0.2, 0) is 4.79 Å². The number of carbonyl (C=O) groups excluding carboxylic acids is 1. The fourth-order valence-corrected chi connectivity index (χ4v) is 3.27. The average molecular weight is 304 g/mol. The summed E-state index contributed by atoms with van der Waals surface area (Å²) in [6, 6.07) is 5.51. The molecule has 1 fully saturated rings. The summed E-state index contributed by atoms with van der Waals surface area (Å²) in [4.78, 5) is 13.8. The number of aliphatic hydroxyl groups is 1. The van der Waals surface area contributed by atoms with Gasteiger partial charge in [0.05, 0.1) is 11.8 Å². The molecule has 0 radical (unpaired) electrons. The van der Waals surface area contributed by atoms with Crippen LogP contribution in [0, 0.1) is 5.92 Å². The van der Waals surface area contributed by atoms with Gasteiger partial charge in [0.25, 0.3) is 5.91 Å². The SMILES string of the molecule is CC1CCCN(CCC(O)c2ccc3c(c2)NC(=O)CO3)C1. The molecule has 0 spiro atoms. The number of ether oxygens (including phenoxy) is 1. The van der Waals surface area contributed by atoms with E-state index in [4.69, 9.17) is 4.74 Å². The van der Waals surface area contributed by atoms with E-state index in [0.29, 0.717) is 17.9 Å². The minimum Gasteiger partial charge on any atom is -0.482 e. The van der Waals surface area contributed by atoms with Gasteiger partial charge in [0, 0.05) is 13.1 Å². The molecule has 0 aliphatic carbocycles. The molecule has 2 aliphatic heterocycles. The Labute approximate surface area is 131 Å². The van der Waals surface area contributed by atoms with Crippen LogP contribution in [0.2, 0.25) is 0 Å². The number of fused-ring (bicyclic) bond motifs is 1. The lowest BCUT2D eigenvalue weighted by atomic mass is 9.99. The van der Waals surface area contributed by atoms with Crippen molar-refractivity contribution in [2.45, 2.75) is 32.3 Å². The van der Waals surface area contributed by atoms with Crippen LogP contribution in [0.25, 0.3) is 0 Å². The zero-order chi connectivity index (χ0) is 15.5. The van der Waals surface area contributed by atoms with Gasteiger partial charge < -0.3 is 20.1 Å². The van der Waals surface area contributed by atoms with Crippen molar-refractivity contribution in [2.75, 3.05) is 31.6 Å². The highest BCUT2D eigenvalue weighted by molar-refractivity contribution is 5.95. The van der Waals surface area contributed by atoms with Crippen molar-refractivity contribution in [3.63, 3.8) is 0 Å². The smallest absolute Gasteiger partial charge is 0.262 e. The van der Waals surface area contributed by atoms with Crippen molar-refractivity contribution < 1.29 is 14.6 Å². The van der Waals surface area contributed by atoms with Crippen LogP contribution in [0.15, 0.2) is 18.2 Å². The second-order valence-electron chi connectivity index (χ2n) is 6.44. The predicted molar refractivity (Wildman–Crippen MR) is 85.0 cm³/mol. The first-order valence-electron chi connectivity index (χ1n) is 8.09. The summed E-state index contributed by atoms with van der Waals surface area (Å²) in [6.45, 7) is 5.51. The Hall–Kier alpha value is -1.59. The topological polar surface area (TPSA) is 61.8 Å². The number of likely N-dealkylation sites (tertiary alicyclic amines) is 1. The molecule has 3 rings (SSSR count). The minimum atomic E-state index is -0.513. The number of piperidine rings is 1. The molecule has 5 nitrogen and oxygen atoms in total. The highest BCUT2D eigenvalue weighted by Crippen LogP contribution is 2.31. The normalized spacial score (nSPS) is 23.4. The molecule has 1 amide bonds.